The summed E-state index contributed by atoms with van der Waals surface area (Å²) in [6.07, 6.45) is 3.94. The number of hydrogen-bond donors (Lipinski definition) is 0. The Morgan fingerprint density at radius 2 is 2.30 bits per heavy atom. The normalized spacial score (nSPS) is 19.8. The molecule has 0 saturated carbocycles. The minimum absolute atomic E-state index is 0.207. The van der Waals surface area contributed by atoms with E-state index in [1.807, 2.05) is 0 Å². The van der Waals surface area contributed by atoms with Crippen LogP contribution in [0.1, 0.15) is 0 Å². The van der Waals surface area contributed by atoms with E-state index < -0.39 is 0 Å². The first-order chi connectivity index (χ1) is 4.90. The average Bonchev–Trinajstić information content (AvgIpc) is 2.42. The fourth-order valence-electron chi connectivity index (χ4n) is 0.802. The second-order valence-electron chi connectivity index (χ2n) is 1.85. The molecular formula is C6H3N3O. The largest absolute Gasteiger partial charge is 0.294 e. The van der Waals surface area contributed by atoms with Crippen molar-refractivity contribution in [3.05, 3.63) is 11.8 Å². The number of carbonyl (C=O) groups is 1. The summed E-state index contributed by atoms with van der Waals surface area (Å²) in [5.74, 6) is 0.750. The quantitative estimate of drug-likeness (QED) is 0.463. The average molecular weight is 133 g/mol. The Kier molecular flexibility index (Phi) is 0.887. The van der Waals surface area contributed by atoms with E-state index in [4.69, 9.17) is 0 Å². The summed E-state index contributed by atoms with van der Waals surface area (Å²) in [5, 5.41) is 0. The van der Waals surface area contributed by atoms with Crippen molar-refractivity contribution in [2.75, 3.05) is 0 Å². The summed E-state index contributed by atoms with van der Waals surface area (Å²) in [4.78, 5) is 21.6. The van der Waals surface area contributed by atoms with Crippen molar-refractivity contribution in [3.63, 3.8) is 0 Å². The highest BCUT2D eigenvalue weighted by molar-refractivity contribution is 6.35. The fourth-order valence-corrected chi connectivity index (χ4v) is 0.802. The summed E-state index contributed by atoms with van der Waals surface area (Å²) >= 11 is 0. The number of carbonyl (C=O) groups excluding carboxylic acids is 1. The van der Waals surface area contributed by atoms with E-state index in [9.17, 15) is 4.79 Å². The summed E-state index contributed by atoms with van der Waals surface area (Å²) in [5.41, 5.74) is 0.683. The lowest BCUT2D eigenvalue weighted by atomic mass is 10.4. The highest BCUT2D eigenvalue weighted by atomic mass is 16.1. The summed E-state index contributed by atoms with van der Waals surface area (Å²) in [7, 11) is 0. The molecule has 0 radical (unpaired) electrons. The molecule has 0 aromatic carbocycles. The van der Waals surface area contributed by atoms with Gasteiger partial charge in [-0.3, -0.25) is 4.79 Å². The van der Waals surface area contributed by atoms with Gasteiger partial charge in [-0.05, 0) is 6.08 Å². The smallest absolute Gasteiger partial charge is 0.195 e. The van der Waals surface area contributed by atoms with Crippen LogP contribution < -0.4 is 0 Å². The Morgan fingerprint density at radius 3 is 3.00 bits per heavy atom. The van der Waals surface area contributed by atoms with Crippen molar-refractivity contribution in [2.45, 2.75) is 0 Å². The Bertz CT molecular complexity index is 309. The molecule has 2 aliphatic rings. The Balaban J connectivity index is 2.46. The predicted molar refractivity (Wildman–Crippen MR) is 37.5 cm³/mol. The molecule has 0 fully saturated rings. The predicted octanol–water partition coefficient (Wildman–Crippen LogP) is -0.0358. The van der Waals surface area contributed by atoms with Crippen molar-refractivity contribution >= 4 is 24.2 Å². The van der Waals surface area contributed by atoms with Gasteiger partial charge in [-0.1, -0.05) is 0 Å². The number of aliphatic imine (C=N–C) groups is 3. The van der Waals surface area contributed by atoms with Crippen LogP contribution in [0.4, 0.5) is 0 Å². The van der Waals surface area contributed by atoms with Gasteiger partial charge in [-0.2, -0.15) is 0 Å². The van der Waals surface area contributed by atoms with Crippen molar-refractivity contribution in [3.8, 4) is 0 Å². The zero-order chi connectivity index (χ0) is 6.97. The fraction of sp³-hybridized carbons (Fsp3) is 0. The van der Waals surface area contributed by atoms with Gasteiger partial charge in [0.15, 0.2) is 18.0 Å². The van der Waals surface area contributed by atoms with Gasteiger partial charge in [-0.15, -0.1) is 0 Å². The number of fused-ring (bicyclic) bond motifs is 1. The van der Waals surface area contributed by atoms with Gasteiger partial charge >= 0.3 is 0 Å². The highest BCUT2D eigenvalue weighted by Gasteiger charge is 2.16. The molecule has 0 N–H and O–H groups in total. The zero-order valence-electron chi connectivity index (χ0n) is 4.98. The molecule has 2 aliphatic heterocycles. The highest BCUT2D eigenvalue weighted by Crippen LogP contribution is 2.13. The summed E-state index contributed by atoms with van der Waals surface area (Å²) in [6, 6.07) is 0. The molecule has 0 aliphatic carbocycles. The van der Waals surface area contributed by atoms with Crippen LogP contribution in [0.3, 0.4) is 0 Å². The third kappa shape index (κ3) is 0.556. The number of nitrogens with zero attached hydrogens (tertiary/aromatic N) is 3. The number of amidine groups is 2. The molecule has 4 nitrogen and oxygen atoms in total. The van der Waals surface area contributed by atoms with Gasteiger partial charge in [0.1, 0.15) is 5.70 Å². The number of aldehydes is 1. The maximum atomic E-state index is 10.1. The molecule has 0 aromatic heterocycles. The van der Waals surface area contributed by atoms with Crippen LogP contribution in [0.25, 0.3) is 0 Å². The molecular weight excluding hydrogens is 130 g/mol. The second kappa shape index (κ2) is 1.70. The minimum atomic E-state index is 0.207. The van der Waals surface area contributed by atoms with Crippen LogP contribution in [0.2, 0.25) is 0 Å². The van der Waals surface area contributed by atoms with Crippen LogP contribution in [0, 0.1) is 0 Å². The lowest BCUT2D eigenvalue weighted by molar-refractivity contribution is -0.102. The van der Waals surface area contributed by atoms with Crippen molar-refractivity contribution in [2.24, 2.45) is 15.0 Å². The molecule has 10 heavy (non-hydrogen) atoms. The van der Waals surface area contributed by atoms with Gasteiger partial charge < -0.3 is 0 Å². The van der Waals surface area contributed by atoms with Gasteiger partial charge in [0.25, 0.3) is 0 Å². The summed E-state index contributed by atoms with van der Waals surface area (Å²) < 4.78 is 0. The van der Waals surface area contributed by atoms with Crippen LogP contribution in [-0.2, 0) is 4.79 Å². The van der Waals surface area contributed by atoms with Crippen LogP contribution in [-0.4, -0.2) is 24.2 Å². The first kappa shape index (κ1) is 5.22. The Morgan fingerprint density at radius 1 is 1.40 bits per heavy atom. The SMILES string of the molecule is O=CC1=NC2=CC=NC2=N1. The molecule has 0 bridgehead atoms. The Labute approximate surface area is 56.7 Å². The molecule has 2 heterocycles. The van der Waals surface area contributed by atoms with Gasteiger partial charge in [0, 0.05) is 6.21 Å². The molecule has 0 spiro atoms. The molecule has 0 unspecified atom stereocenters. The topological polar surface area (TPSA) is 54.1 Å². The lowest BCUT2D eigenvalue weighted by Crippen LogP contribution is -1.90. The third-order valence-corrected chi connectivity index (χ3v) is 1.22. The Hall–Kier alpha value is -1.58. The molecule has 0 atom stereocenters. The maximum absolute atomic E-state index is 10.1. The lowest BCUT2D eigenvalue weighted by Gasteiger charge is -1.79. The monoisotopic (exact) mass is 133 g/mol. The molecule has 2 rings (SSSR count). The molecule has 0 amide bonds. The van der Waals surface area contributed by atoms with Crippen LogP contribution in [0.15, 0.2) is 26.8 Å². The van der Waals surface area contributed by atoms with Gasteiger partial charge in [0.05, 0.1) is 0 Å². The summed E-state index contributed by atoms with van der Waals surface area (Å²) in [6.45, 7) is 0. The standard InChI is InChI=1S/C6H3N3O/c10-3-5-8-4-1-2-7-6(4)9-5/h1-3H. The first-order valence-corrected chi connectivity index (χ1v) is 2.77. The number of allylic oxidation sites excluding steroid dienone is 1. The molecule has 4 heteroatoms. The maximum Gasteiger partial charge on any atom is 0.195 e. The van der Waals surface area contributed by atoms with E-state index in [0.29, 0.717) is 17.8 Å². The van der Waals surface area contributed by atoms with Crippen LogP contribution >= 0.6 is 0 Å². The molecule has 0 aromatic rings. The van der Waals surface area contributed by atoms with Crippen molar-refractivity contribution < 1.29 is 4.79 Å². The van der Waals surface area contributed by atoms with E-state index >= 15 is 0 Å². The van der Waals surface area contributed by atoms with E-state index in [1.54, 1.807) is 12.3 Å². The first-order valence-electron chi connectivity index (χ1n) is 2.77. The molecule has 0 saturated heterocycles. The number of hydrogen-bond acceptors (Lipinski definition) is 4. The van der Waals surface area contributed by atoms with E-state index in [0.717, 1.165) is 0 Å². The van der Waals surface area contributed by atoms with E-state index in [-0.39, 0.29) is 5.84 Å². The second-order valence-corrected chi connectivity index (χ2v) is 1.85. The van der Waals surface area contributed by atoms with Crippen molar-refractivity contribution in [1.29, 1.82) is 0 Å². The number of rotatable bonds is 1. The van der Waals surface area contributed by atoms with Gasteiger partial charge in [0.2, 0.25) is 0 Å². The molecule has 48 valence electrons. The van der Waals surface area contributed by atoms with Crippen molar-refractivity contribution in [1.82, 2.24) is 0 Å². The van der Waals surface area contributed by atoms with Gasteiger partial charge in [-0.25, -0.2) is 15.0 Å². The van der Waals surface area contributed by atoms with Crippen LogP contribution in [0.5, 0.6) is 0 Å². The third-order valence-electron chi connectivity index (χ3n) is 1.22. The van der Waals surface area contributed by atoms with E-state index in [2.05, 4.69) is 15.0 Å². The minimum Gasteiger partial charge on any atom is -0.294 e. The van der Waals surface area contributed by atoms with E-state index in [1.165, 1.54) is 0 Å². The zero-order valence-corrected chi connectivity index (χ0v) is 4.98.